The minimum atomic E-state index is -0.155. The average molecular weight is 275 g/mol. The highest BCUT2D eigenvalue weighted by atomic mass is 79.9. The number of rotatable bonds is 2. The molecule has 0 aliphatic carbocycles. The van der Waals surface area contributed by atoms with Crippen molar-refractivity contribution in [3.05, 3.63) is 28.6 Å². The number of halogens is 2. The zero-order valence-corrected chi connectivity index (χ0v) is 9.30. The van der Waals surface area contributed by atoms with Crippen LogP contribution in [-0.2, 0) is 0 Å². The van der Waals surface area contributed by atoms with Crippen molar-refractivity contribution < 1.29 is 9.21 Å². The van der Waals surface area contributed by atoms with Crippen LogP contribution in [0.5, 0.6) is 0 Å². The van der Waals surface area contributed by atoms with E-state index in [1.807, 2.05) is 0 Å². The SMILES string of the molecule is O=C(CCl)c1cccc2oc(Br)nc12. The number of alkyl halides is 1. The standard InChI is InChI=1S/C9H5BrClNO2/c10-9-12-8-5(6(13)4-11)2-1-3-7(8)14-9/h1-3H,4H2. The molecule has 0 saturated carbocycles. The van der Waals surface area contributed by atoms with Gasteiger partial charge in [-0.25, -0.2) is 4.98 Å². The van der Waals surface area contributed by atoms with Crippen LogP contribution in [0, 0.1) is 0 Å². The van der Waals surface area contributed by atoms with E-state index in [4.69, 9.17) is 16.0 Å². The van der Waals surface area contributed by atoms with Gasteiger partial charge in [-0.2, -0.15) is 0 Å². The maximum atomic E-state index is 11.4. The second-order valence-corrected chi connectivity index (χ2v) is 3.62. The Labute approximate surface area is 93.2 Å². The molecule has 0 unspecified atom stereocenters. The van der Waals surface area contributed by atoms with Crippen molar-refractivity contribution in [2.45, 2.75) is 0 Å². The van der Waals surface area contributed by atoms with E-state index >= 15 is 0 Å². The van der Waals surface area contributed by atoms with Crippen molar-refractivity contribution in [3.8, 4) is 0 Å². The van der Waals surface area contributed by atoms with Crippen LogP contribution >= 0.6 is 27.5 Å². The third-order valence-corrected chi connectivity index (χ3v) is 2.40. The number of fused-ring (bicyclic) bond motifs is 1. The predicted octanol–water partition coefficient (Wildman–Crippen LogP) is 3.01. The van der Waals surface area contributed by atoms with Gasteiger partial charge in [0.15, 0.2) is 11.4 Å². The average Bonchev–Trinajstić information content (AvgIpc) is 2.56. The zero-order chi connectivity index (χ0) is 10.1. The first-order valence-electron chi connectivity index (χ1n) is 3.86. The number of benzene rings is 1. The molecular weight excluding hydrogens is 269 g/mol. The second-order valence-electron chi connectivity index (χ2n) is 2.68. The van der Waals surface area contributed by atoms with Gasteiger partial charge in [-0.3, -0.25) is 4.79 Å². The summed E-state index contributed by atoms with van der Waals surface area (Å²) in [5, 5.41) is 0. The molecule has 2 aromatic rings. The van der Waals surface area contributed by atoms with E-state index in [1.54, 1.807) is 18.2 Å². The fourth-order valence-electron chi connectivity index (χ4n) is 1.22. The number of hydrogen-bond donors (Lipinski definition) is 0. The summed E-state index contributed by atoms with van der Waals surface area (Å²) in [6.45, 7) is 0. The molecule has 0 atom stereocenters. The number of carbonyl (C=O) groups excluding carboxylic acids is 1. The molecule has 14 heavy (non-hydrogen) atoms. The molecule has 0 spiro atoms. The number of carbonyl (C=O) groups is 1. The van der Waals surface area contributed by atoms with Crippen LogP contribution in [0.1, 0.15) is 10.4 Å². The maximum absolute atomic E-state index is 11.4. The summed E-state index contributed by atoms with van der Waals surface area (Å²) in [4.78, 5) is 15.8. The van der Waals surface area contributed by atoms with Crippen molar-refractivity contribution in [2.75, 3.05) is 5.88 Å². The lowest BCUT2D eigenvalue weighted by molar-refractivity contribution is 0.102. The van der Waals surface area contributed by atoms with Crippen LogP contribution in [-0.4, -0.2) is 16.6 Å². The molecule has 0 saturated heterocycles. The Bertz CT molecular complexity index is 495. The highest BCUT2D eigenvalue weighted by molar-refractivity contribution is 9.10. The van der Waals surface area contributed by atoms with Crippen LogP contribution in [0.15, 0.2) is 27.4 Å². The van der Waals surface area contributed by atoms with Crippen molar-refractivity contribution in [1.82, 2.24) is 4.98 Å². The van der Waals surface area contributed by atoms with Gasteiger partial charge in [0.1, 0.15) is 5.52 Å². The van der Waals surface area contributed by atoms with Gasteiger partial charge in [0.25, 0.3) is 4.80 Å². The van der Waals surface area contributed by atoms with Crippen molar-refractivity contribution in [1.29, 1.82) is 0 Å². The lowest BCUT2D eigenvalue weighted by Crippen LogP contribution is -2.00. The minimum absolute atomic E-state index is 0.0520. The van der Waals surface area contributed by atoms with Crippen LogP contribution in [0.2, 0.25) is 0 Å². The number of oxazole rings is 1. The van der Waals surface area contributed by atoms with Gasteiger partial charge in [0.2, 0.25) is 0 Å². The summed E-state index contributed by atoms with van der Waals surface area (Å²) in [7, 11) is 0. The largest absolute Gasteiger partial charge is 0.431 e. The first kappa shape index (κ1) is 9.68. The van der Waals surface area contributed by atoms with Gasteiger partial charge >= 0.3 is 0 Å². The van der Waals surface area contributed by atoms with Gasteiger partial charge in [-0.1, -0.05) is 6.07 Å². The van der Waals surface area contributed by atoms with Gasteiger partial charge < -0.3 is 4.42 Å². The van der Waals surface area contributed by atoms with Gasteiger partial charge in [0.05, 0.1) is 5.88 Å². The molecule has 1 aromatic heterocycles. The third kappa shape index (κ3) is 1.55. The molecule has 0 aliphatic rings. The molecule has 1 heterocycles. The van der Waals surface area contributed by atoms with E-state index in [0.717, 1.165) is 0 Å². The molecular formula is C9H5BrClNO2. The van der Waals surface area contributed by atoms with E-state index in [2.05, 4.69) is 20.9 Å². The molecule has 3 nitrogen and oxygen atoms in total. The normalized spacial score (nSPS) is 10.7. The maximum Gasteiger partial charge on any atom is 0.265 e. The monoisotopic (exact) mass is 273 g/mol. The number of hydrogen-bond acceptors (Lipinski definition) is 3. The van der Waals surface area contributed by atoms with Crippen LogP contribution in [0.25, 0.3) is 11.1 Å². The van der Waals surface area contributed by atoms with Gasteiger partial charge in [0, 0.05) is 21.5 Å². The fraction of sp³-hybridized carbons (Fsp3) is 0.111. The van der Waals surface area contributed by atoms with E-state index < -0.39 is 0 Å². The number of nitrogens with zero attached hydrogens (tertiary/aromatic N) is 1. The first-order valence-corrected chi connectivity index (χ1v) is 5.19. The number of ketones is 1. The highest BCUT2D eigenvalue weighted by Crippen LogP contribution is 2.22. The van der Waals surface area contributed by atoms with E-state index in [-0.39, 0.29) is 11.7 Å². The molecule has 1 aromatic carbocycles. The Kier molecular flexibility index (Phi) is 2.56. The molecule has 2 rings (SSSR count). The summed E-state index contributed by atoms with van der Waals surface area (Å²) < 4.78 is 5.21. The second kappa shape index (κ2) is 3.71. The Morgan fingerprint density at radius 3 is 3.07 bits per heavy atom. The summed E-state index contributed by atoms with van der Waals surface area (Å²) in [6, 6.07) is 5.17. The quantitative estimate of drug-likeness (QED) is 0.624. The zero-order valence-electron chi connectivity index (χ0n) is 6.96. The van der Waals surface area contributed by atoms with Crippen molar-refractivity contribution in [3.63, 3.8) is 0 Å². The summed E-state index contributed by atoms with van der Waals surface area (Å²) in [5.41, 5.74) is 1.62. The Balaban J connectivity index is 2.70. The van der Waals surface area contributed by atoms with Crippen molar-refractivity contribution >= 4 is 44.4 Å². The highest BCUT2D eigenvalue weighted by Gasteiger charge is 2.13. The predicted molar refractivity (Wildman–Crippen MR) is 56.8 cm³/mol. The minimum Gasteiger partial charge on any atom is -0.431 e. The summed E-state index contributed by atoms with van der Waals surface area (Å²) >= 11 is 8.58. The van der Waals surface area contributed by atoms with Crippen LogP contribution in [0.4, 0.5) is 0 Å². The van der Waals surface area contributed by atoms with Crippen molar-refractivity contribution in [2.24, 2.45) is 0 Å². The number of Topliss-reactive ketones (excluding diaryl/α,β-unsaturated/α-hetero) is 1. The molecule has 0 radical (unpaired) electrons. The van der Waals surface area contributed by atoms with Crippen LogP contribution in [0.3, 0.4) is 0 Å². The Morgan fingerprint density at radius 2 is 2.36 bits per heavy atom. The summed E-state index contributed by atoms with van der Waals surface area (Å²) in [6.07, 6.45) is 0. The lowest BCUT2D eigenvalue weighted by atomic mass is 10.1. The smallest absolute Gasteiger partial charge is 0.265 e. The fourth-order valence-corrected chi connectivity index (χ4v) is 1.71. The lowest BCUT2D eigenvalue weighted by Gasteiger charge is -1.95. The molecule has 0 aliphatic heterocycles. The first-order chi connectivity index (χ1) is 6.72. The third-order valence-electron chi connectivity index (χ3n) is 1.81. The van der Waals surface area contributed by atoms with Gasteiger partial charge in [-0.15, -0.1) is 11.6 Å². The Hall–Kier alpha value is -0.870. The van der Waals surface area contributed by atoms with E-state index in [1.165, 1.54) is 0 Å². The molecule has 0 amide bonds. The summed E-state index contributed by atoms with van der Waals surface area (Å²) in [5.74, 6) is -0.207. The number of para-hydroxylation sites is 1. The molecule has 0 fully saturated rings. The molecule has 5 heteroatoms. The number of aromatic nitrogens is 1. The molecule has 0 N–H and O–H groups in total. The van der Waals surface area contributed by atoms with E-state index in [0.29, 0.717) is 21.5 Å². The Morgan fingerprint density at radius 1 is 1.57 bits per heavy atom. The topological polar surface area (TPSA) is 43.1 Å². The molecule has 0 bridgehead atoms. The van der Waals surface area contributed by atoms with E-state index in [9.17, 15) is 4.79 Å². The van der Waals surface area contributed by atoms with Gasteiger partial charge in [-0.05, 0) is 12.1 Å². The van der Waals surface area contributed by atoms with Crippen LogP contribution < -0.4 is 0 Å². The molecule has 72 valence electrons.